The van der Waals surface area contributed by atoms with E-state index in [1.54, 1.807) is 19.5 Å². The van der Waals surface area contributed by atoms with Crippen molar-refractivity contribution in [2.75, 3.05) is 7.05 Å². The van der Waals surface area contributed by atoms with Gasteiger partial charge in [-0.1, -0.05) is 0 Å². The Morgan fingerprint density at radius 3 is 3.08 bits per heavy atom. The zero-order chi connectivity index (χ0) is 8.81. The minimum Gasteiger partial charge on any atom is -0.297 e. The molecule has 0 aromatic carbocycles. The van der Waals surface area contributed by atoms with Gasteiger partial charge in [0.1, 0.15) is 0 Å². The van der Waals surface area contributed by atoms with Crippen LogP contribution in [0.25, 0.3) is 6.08 Å². The molecule has 0 amide bonds. The molecule has 1 aromatic heterocycles. The number of aromatic nitrogens is 1. The van der Waals surface area contributed by atoms with Gasteiger partial charge in [-0.3, -0.25) is 4.99 Å². The lowest BCUT2D eigenvalue weighted by Gasteiger charge is -1.90. The molecule has 0 unspecified atom stereocenters. The first-order chi connectivity index (χ1) is 5.84. The summed E-state index contributed by atoms with van der Waals surface area (Å²) in [5.74, 6) is 0. The van der Waals surface area contributed by atoms with Gasteiger partial charge in [0.25, 0.3) is 0 Å². The molecule has 0 saturated carbocycles. The highest BCUT2D eigenvalue weighted by atomic mass is 14.6. The first-order valence-electron chi connectivity index (χ1n) is 3.68. The number of nitrogens with zero attached hydrogens (tertiary/aromatic N) is 2. The summed E-state index contributed by atoms with van der Waals surface area (Å²) in [5.41, 5.74) is 2.10. The van der Waals surface area contributed by atoms with Gasteiger partial charge in [-0.15, -0.1) is 0 Å². The monoisotopic (exact) mass is 158 g/mol. The Labute approximate surface area is 72.7 Å². The van der Waals surface area contributed by atoms with Gasteiger partial charge in [0, 0.05) is 31.2 Å². The highest BCUT2D eigenvalue weighted by Gasteiger charge is 1.88. The molecule has 2 heteroatoms. The van der Waals surface area contributed by atoms with Gasteiger partial charge < -0.3 is 0 Å². The fourth-order valence-electron chi connectivity index (χ4n) is 0.788. The lowest BCUT2D eigenvalue weighted by Crippen LogP contribution is -1.78. The fraction of sp³-hybridized carbons (Fsp3) is 0.200. The maximum atomic E-state index is 3.83. The molecule has 1 rings (SSSR count). The standard InChI is InChI=1S/C10H10N2/c1-9-8-12-7-5-10(9)4-3-6-11-2/h3-4,6,8H,1-2H3/b4-3-,11-6?. The summed E-state index contributed by atoms with van der Waals surface area (Å²) >= 11 is 0. The van der Waals surface area contributed by atoms with E-state index in [0.29, 0.717) is 0 Å². The van der Waals surface area contributed by atoms with Crippen molar-refractivity contribution < 1.29 is 0 Å². The van der Waals surface area contributed by atoms with Gasteiger partial charge in [-0.05, 0) is 30.7 Å². The molecule has 12 heavy (non-hydrogen) atoms. The minimum atomic E-state index is 1.00. The lowest BCUT2D eigenvalue weighted by molar-refractivity contribution is 1.27. The first kappa shape index (κ1) is 8.48. The van der Waals surface area contributed by atoms with E-state index in [9.17, 15) is 0 Å². The van der Waals surface area contributed by atoms with Crippen LogP contribution in [0.4, 0.5) is 0 Å². The van der Waals surface area contributed by atoms with Gasteiger partial charge in [0.15, 0.2) is 0 Å². The van der Waals surface area contributed by atoms with Crippen LogP contribution < -0.4 is 0 Å². The molecule has 1 aromatic rings. The zero-order valence-electron chi connectivity index (χ0n) is 7.20. The topological polar surface area (TPSA) is 25.2 Å². The second-order valence-electron chi connectivity index (χ2n) is 2.36. The Balaban J connectivity index is 2.82. The smallest absolute Gasteiger partial charge is 0.0417 e. The fourth-order valence-corrected chi connectivity index (χ4v) is 0.788. The summed E-state index contributed by atoms with van der Waals surface area (Å²) in [5, 5.41) is 0. The zero-order valence-corrected chi connectivity index (χ0v) is 7.20. The van der Waals surface area contributed by atoms with Gasteiger partial charge in [-0.2, -0.15) is 0 Å². The molecule has 0 aliphatic carbocycles. The molecule has 0 bridgehead atoms. The van der Waals surface area contributed by atoms with Crippen LogP contribution in [0.1, 0.15) is 11.1 Å². The number of aliphatic imine (C=N–C) groups is 1. The summed E-state index contributed by atoms with van der Waals surface area (Å²) in [4.78, 5) is 7.65. The second-order valence-corrected chi connectivity index (χ2v) is 2.36. The minimum absolute atomic E-state index is 1.00. The lowest BCUT2D eigenvalue weighted by atomic mass is 10.2. The van der Waals surface area contributed by atoms with Crippen LogP contribution in [0.15, 0.2) is 17.3 Å². The van der Waals surface area contributed by atoms with Crippen molar-refractivity contribution in [2.45, 2.75) is 6.92 Å². The van der Waals surface area contributed by atoms with Crippen molar-refractivity contribution in [1.82, 2.24) is 4.98 Å². The molecule has 0 spiro atoms. The Hall–Kier alpha value is -1.62. The quantitative estimate of drug-likeness (QED) is 0.601. The summed E-state index contributed by atoms with van der Waals surface area (Å²) in [6.45, 7) is 1.99. The molecular formula is C10H10N2. The van der Waals surface area contributed by atoms with Crippen LogP contribution >= 0.6 is 0 Å². The molecule has 0 aliphatic heterocycles. The normalized spacial score (nSPS) is 10.8. The Kier molecular flexibility index (Phi) is 3.04. The van der Waals surface area contributed by atoms with E-state index < -0.39 is 0 Å². The molecule has 0 fully saturated rings. The Bertz CT molecular complexity index is 300. The molecule has 0 radical (unpaired) electrons. The van der Waals surface area contributed by atoms with E-state index in [1.165, 1.54) is 0 Å². The Morgan fingerprint density at radius 1 is 1.58 bits per heavy atom. The van der Waals surface area contributed by atoms with Crippen molar-refractivity contribution in [3.63, 3.8) is 0 Å². The van der Waals surface area contributed by atoms with Crippen molar-refractivity contribution in [3.8, 4) is 0 Å². The Morgan fingerprint density at radius 2 is 2.42 bits per heavy atom. The molecule has 0 saturated heterocycles. The van der Waals surface area contributed by atoms with Crippen molar-refractivity contribution in [1.29, 1.82) is 0 Å². The second kappa shape index (κ2) is 4.30. The maximum Gasteiger partial charge on any atom is 0.0417 e. The molecule has 0 aliphatic rings. The van der Waals surface area contributed by atoms with E-state index in [4.69, 9.17) is 0 Å². The third-order valence-corrected chi connectivity index (χ3v) is 1.44. The summed E-state index contributed by atoms with van der Waals surface area (Å²) in [7, 11) is 1.74. The SMILES string of the molecule is CN=C/C=C\c1c#cncc1C. The molecule has 2 nitrogen and oxygen atoms in total. The summed E-state index contributed by atoms with van der Waals surface area (Å²) < 4.78 is 0. The average molecular weight is 158 g/mol. The highest BCUT2D eigenvalue weighted by molar-refractivity contribution is 5.78. The van der Waals surface area contributed by atoms with Crippen LogP contribution in [0.3, 0.4) is 0 Å². The summed E-state index contributed by atoms with van der Waals surface area (Å²) in [6, 6.07) is 2.91. The summed E-state index contributed by atoms with van der Waals surface area (Å²) in [6.07, 6.45) is 9.95. The number of aryl methyl sites for hydroxylation is 1. The van der Waals surface area contributed by atoms with Gasteiger partial charge in [0.05, 0.1) is 0 Å². The van der Waals surface area contributed by atoms with Crippen LogP contribution in [0, 0.1) is 19.2 Å². The molecule has 0 N–H and O–H groups in total. The first-order valence-corrected chi connectivity index (χ1v) is 3.68. The maximum absolute atomic E-state index is 3.83. The van der Waals surface area contributed by atoms with Gasteiger partial charge >= 0.3 is 0 Å². The number of allylic oxidation sites excluding steroid dienone is 1. The molecule has 60 valence electrons. The number of hydrogen-bond donors (Lipinski definition) is 0. The third kappa shape index (κ3) is 2.21. The predicted octanol–water partition coefficient (Wildman–Crippen LogP) is 1.70. The van der Waals surface area contributed by atoms with Gasteiger partial charge in [-0.25, -0.2) is 4.98 Å². The van der Waals surface area contributed by atoms with E-state index in [2.05, 4.69) is 22.2 Å². The predicted molar refractivity (Wildman–Crippen MR) is 50.1 cm³/mol. The van der Waals surface area contributed by atoms with Crippen molar-refractivity contribution in [3.05, 3.63) is 35.7 Å². The van der Waals surface area contributed by atoms with Crippen LogP contribution in [0.5, 0.6) is 0 Å². The van der Waals surface area contributed by atoms with Gasteiger partial charge in [0.2, 0.25) is 0 Å². The largest absolute Gasteiger partial charge is 0.297 e. The van der Waals surface area contributed by atoms with E-state index in [0.717, 1.165) is 11.1 Å². The van der Waals surface area contributed by atoms with Crippen LogP contribution in [0.2, 0.25) is 0 Å². The van der Waals surface area contributed by atoms with E-state index in [1.807, 2.05) is 19.1 Å². The van der Waals surface area contributed by atoms with Crippen molar-refractivity contribution in [2.24, 2.45) is 4.99 Å². The molecular weight excluding hydrogens is 148 g/mol. The van der Waals surface area contributed by atoms with Crippen molar-refractivity contribution >= 4 is 12.3 Å². The van der Waals surface area contributed by atoms with Crippen LogP contribution in [-0.2, 0) is 0 Å². The third-order valence-electron chi connectivity index (χ3n) is 1.44. The van der Waals surface area contributed by atoms with E-state index >= 15 is 0 Å². The molecule has 0 atom stereocenters. The number of rotatable bonds is 2. The molecule has 1 heterocycles. The average Bonchev–Trinajstić information content (AvgIpc) is 2.09. The van der Waals surface area contributed by atoms with E-state index in [-0.39, 0.29) is 0 Å². The number of hydrogen-bond acceptors (Lipinski definition) is 2. The highest BCUT2D eigenvalue weighted by Crippen LogP contribution is 2.02. The van der Waals surface area contributed by atoms with Crippen LogP contribution in [-0.4, -0.2) is 18.2 Å².